The Bertz CT molecular complexity index is 2860. The Morgan fingerprint density at radius 3 is 1.03 bits per heavy atom. The number of amides is 6. The van der Waals surface area contributed by atoms with E-state index in [9.17, 15) is 28.8 Å². The molecule has 0 aliphatic heterocycles. The fourth-order valence-electron chi connectivity index (χ4n) is 7.94. The number of aromatic nitrogens is 4. The Labute approximate surface area is 394 Å². The summed E-state index contributed by atoms with van der Waals surface area (Å²) in [5, 5.41) is 20.6. The van der Waals surface area contributed by atoms with Crippen molar-refractivity contribution in [1.29, 1.82) is 0 Å². The molecule has 0 saturated carbocycles. The number of hydrogen-bond acceptors (Lipinski definition) is 8. The standard InChI is InChI=1S/C50H58N12O6/c1-57(2)19-9-17-51-47(65)41-23-37(29-59(41)5)55-49(67)43-25-35(27-61(43)7)53-45(63)33-15-13-31-11-12-32-14-16-34(22-40(32)39(31)21-33)46(64)54-36-26-44(62(8)28-36)50(68)56-38-24-42(60(6)30-38)48(66)52-18-10-20-58(3)4/h11-16,21-30H,9-10,17-20H2,1-8H3,(H,51,65)(H,52,66)(H,53,63)(H,54,64)(H,55,67)(H,56,68). The van der Waals surface area contributed by atoms with E-state index < -0.39 is 23.6 Å². The molecule has 354 valence electrons. The molecule has 0 aliphatic rings. The Balaban J connectivity index is 0.993. The molecule has 6 amide bonds. The van der Waals surface area contributed by atoms with Gasteiger partial charge >= 0.3 is 0 Å². The van der Waals surface area contributed by atoms with Crippen molar-refractivity contribution in [3.8, 4) is 0 Å². The van der Waals surface area contributed by atoms with Gasteiger partial charge in [-0.3, -0.25) is 28.8 Å². The smallest absolute Gasteiger partial charge is 0.272 e. The lowest BCUT2D eigenvalue weighted by Crippen LogP contribution is -2.28. The maximum absolute atomic E-state index is 13.7. The van der Waals surface area contributed by atoms with Crippen LogP contribution in [0.1, 0.15) is 75.5 Å². The minimum Gasteiger partial charge on any atom is -0.351 e. The zero-order valence-corrected chi connectivity index (χ0v) is 39.6. The summed E-state index contributed by atoms with van der Waals surface area (Å²) in [4.78, 5) is 83.8. The number of rotatable bonds is 18. The lowest BCUT2D eigenvalue weighted by atomic mass is 9.98. The summed E-state index contributed by atoms with van der Waals surface area (Å²) < 4.78 is 6.52. The van der Waals surface area contributed by atoms with Crippen LogP contribution in [-0.2, 0) is 28.2 Å². The van der Waals surface area contributed by atoms with Crippen LogP contribution >= 0.6 is 0 Å². The van der Waals surface area contributed by atoms with Crippen LogP contribution in [0.25, 0.3) is 21.5 Å². The summed E-state index contributed by atoms with van der Waals surface area (Å²) in [6, 6.07) is 20.9. The predicted octanol–water partition coefficient (Wildman–Crippen LogP) is 5.72. The van der Waals surface area contributed by atoms with Gasteiger partial charge in [0.05, 0.1) is 22.7 Å². The second kappa shape index (κ2) is 20.7. The van der Waals surface area contributed by atoms with Crippen molar-refractivity contribution in [1.82, 2.24) is 38.7 Å². The summed E-state index contributed by atoms with van der Waals surface area (Å²) >= 11 is 0. The van der Waals surface area contributed by atoms with Gasteiger partial charge in [0.1, 0.15) is 22.8 Å². The SMILES string of the molecule is CN(C)CCCNC(=O)c1cc(NC(=O)c2cc(NC(=O)c3ccc4ccc5ccc(C(=O)Nc6cc(C(=O)Nc7cc(C(=O)NCCCN(C)C)n(C)c7)n(C)c6)cc5c4c3)cn2C)cn1C. The van der Waals surface area contributed by atoms with E-state index in [-0.39, 0.29) is 11.8 Å². The molecule has 0 radical (unpaired) electrons. The zero-order valence-electron chi connectivity index (χ0n) is 39.6. The van der Waals surface area contributed by atoms with Gasteiger partial charge in [-0.15, -0.1) is 0 Å². The average molecular weight is 923 g/mol. The molecule has 0 spiro atoms. The molecule has 0 fully saturated rings. The highest BCUT2D eigenvalue weighted by molar-refractivity contribution is 6.15. The van der Waals surface area contributed by atoms with Crippen LogP contribution in [0, 0.1) is 0 Å². The summed E-state index contributed by atoms with van der Waals surface area (Å²) in [6.07, 6.45) is 8.24. The molecule has 0 atom stereocenters. The Kier molecular flexibility index (Phi) is 14.6. The summed E-state index contributed by atoms with van der Waals surface area (Å²) in [6.45, 7) is 2.75. The normalized spacial score (nSPS) is 11.3. The van der Waals surface area contributed by atoms with Gasteiger partial charge < -0.3 is 60.0 Å². The third kappa shape index (κ3) is 11.3. The van der Waals surface area contributed by atoms with Crippen molar-refractivity contribution in [3.05, 3.63) is 131 Å². The Morgan fingerprint density at radius 2 is 0.706 bits per heavy atom. The van der Waals surface area contributed by atoms with Gasteiger partial charge in [0.2, 0.25) is 0 Å². The summed E-state index contributed by atoms with van der Waals surface area (Å²) in [5.41, 5.74) is 3.86. The molecule has 0 saturated heterocycles. The Hall–Kier alpha value is -7.96. The maximum atomic E-state index is 13.7. The van der Waals surface area contributed by atoms with Crippen molar-refractivity contribution in [2.24, 2.45) is 28.2 Å². The first-order chi connectivity index (χ1) is 32.4. The minimum absolute atomic E-state index is 0.236. The van der Waals surface area contributed by atoms with E-state index in [1.165, 1.54) is 0 Å². The van der Waals surface area contributed by atoms with Crippen LogP contribution < -0.4 is 31.9 Å². The number of hydrogen-bond donors (Lipinski definition) is 6. The highest BCUT2D eigenvalue weighted by atomic mass is 16.2. The first kappa shape index (κ1) is 48.0. The number of aryl methyl sites for hydroxylation is 4. The third-order valence-electron chi connectivity index (χ3n) is 11.5. The van der Waals surface area contributed by atoms with Crippen LogP contribution in [0.5, 0.6) is 0 Å². The molecule has 6 N–H and O–H groups in total. The van der Waals surface area contributed by atoms with Gasteiger partial charge in [-0.2, -0.15) is 0 Å². The Morgan fingerprint density at radius 1 is 0.412 bits per heavy atom. The highest BCUT2D eigenvalue weighted by Crippen LogP contribution is 2.29. The van der Waals surface area contributed by atoms with E-state index in [2.05, 4.69) is 31.9 Å². The molecule has 18 heteroatoms. The predicted molar refractivity (Wildman–Crippen MR) is 266 cm³/mol. The van der Waals surface area contributed by atoms with E-state index in [4.69, 9.17) is 0 Å². The molecule has 4 aromatic heterocycles. The van der Waals surface area contributed by atoms with Crippen molar-refractivity contribution in [3.63, 3.8) is 0 Å². The largest absolute Gasteiger partial charge is 0.351 e. The zero-order chi connectivity index (χ0) is 48.8. The van der Waals surface area contributed by atoms with Crippen LogP contribution in [0.15, 0.2) is 97.6 Å². The van der Waals surface area contributed by atoms with Crippen LogP contribution in [0.4, 0.5) is 22.7 Å². The van der Waals surface area contributed by atoms with E-state index in [0.717, 1.165) is 47.5 Å². The quantitative estimate of drug-likeness (QED) is 0.0464. The third-order valence-corrected chi connectivity index (χ3v) is 11.5. The van der Waals surface area contributed by atoms with Gasteiger partial charge in [0, 0.05) is 77.2 Å². The number of benzene rings is 3. The fourth-order valence-corrected chi connectivity index (χ4v) is 7.94. The molecule has 3 aromatic carbocycles. The molecule has 0 unspecified atom stereocenters. The van der Waals surface area contributed by atoms with Gasteiger partial charge in [-0.05, 0) is 124 Å². The molecule has 68 heavy (non-hydrogen) atoms. The molecule has 18 nitrogen and oxygen atoms in total. The topological polar surface area (TPSA) is 201 Å². The monoisotopic (exact) mass is 922 g/mol. The average Bonchev–Trinajstić information content (AvgIpc) is 4.07. The second-order valence-corrected chi connectivity index (χ2v) is 17.5. The molecule has 7 rings (SSSR count). The molecule has 7 aromatic rings. The van der Waals surface area contributed by atoms with Crippen molar-refractivity contribution < 1.29 is 28.8 Å². The van der Waals surface area contributed by atoms with E-state index >= 15 is 0 Å². The van der Waals surface area contributed by atoms with Crippen molar-refractivity contribution in [2.75, 3.05) is 75.6 Å². The van der Waals surface area contributed by atoms with Crippen molar-refractivity contribution >= 4 is 79.7 Å². The van der Waals surface area contributed by atoms with Crippen LogP contribution in [0.2, 0.25) is 0 Å². The van der Waals surface area contributed by atoms with Crippen LogP contribution in [0.3, 0.4) is 0 Å². The number of fused-ring (bicyclic) bond motifs is 3. The van der Waals surface area contributed by atoms with Crippen LogP contribution in [-0.4, -0.2) is 118 Å². The van der Waals surface area contributed by atoms with Gasteiger partial charge in [-0.25, -0.2) is 0 Å². The minimum atomic E-state index is -0.418. The summed E-state index contributed by atoms with van der Waals surface area (Å²) in [5.74, 6) is -2.10. The number of carbonyl (C=O) groups excluding carboxylic acids is 6. The summed E-state index contributed by atoms with van der Waals surface area (Å²) in [7, 11) is 14.8. The number of carbonyl (C=O) groups is 6. The van der Waals surface area contributed by atoms with Gasteiger partial charge in [0.25, 0.3) is 35.4 Å². The van der Waals surface area contributed by atoms with E-state index in [1.807, 2.05) is 62.3 Å². The molecular weight excluding hydrogens is 865 g/mol. The fraction of sp³-hybridized carbons (Fsp3) is 0.280. The maximum Gasteiger partial charge on any atom is 0.272 e. The first-order valence-corrected chi connectivity index (χ1v) is 22.2. The highest BCUT2D eigenvalue weighted by Gasteiger charge is 2.20. The van der Waals surface area contributed by atoms with Crippen molar-refractivity contribution in [2.45, 2.75) is 12.8 Å². The second-order valence-electron chi connectivity index (χ2n) is 17.5. The first-order valence-electron chi connectivity index (χ1n) is 22.2. The lowest BCUT2D eigenvalue weighted by Gasteiger charge is -2.10. The van der Waals surface area contributed by atoms with Gasteiger partial charge in [-0.1, -0.05) is 24.3 Å². The van der Waals surface area contributed by atoms with E-state index in [1.54, 1.807) is 120 Å². The lowest BCUT2D eigenvalue weighted by molar-refractivity contribution is 0.0936. The number of nitrogens with one attached hydrogen (secondary N) is 6. The van der Waals surface area contributed by atoms with E-state index in [0.29, 0.717) is 69.7 Å². The molecule has 0 aliphatic carbocycles. The number of nitrogens with zero attached hydrogens (tertiary/aromatic N) is 6. The molecule has 4 heterocycles. The molecular formula is C50H58N12O6. The molecule has 0 bridgehead atoms. The number of anilines is 4. The van der Waals surface area contributed by atoms with Gasteiger partial charge in [0.15, 0.2) is 0 Å².